The molecule has 1 aromatic carbocycles. The first kappa shape index (κ1) is 19.7. The molecule has 4 N–H and O–H groups in total. The number of para-hydroxylation sites is 1. The van der Waals surface area contributed by atoms with Gasteiger partial charge in [-0.1, -0.05) is 49.4 Å². The molecule has 152 valence electrons. The van der Waals surface area contributed by atoms with Crippen LogP contribution in [0, 0.1) is 10.8 Å². The molecule has 0 bridgehead atoms. The van der Waals surface area contributed by atoms with Gasteiger partial charge in [0.2, 0.25) is 16.9 Å². The molecule has 0 aliphatic carbocycles. The number of hydrogen-bond donors (Lipinski definition) is 3. The zero-order valence-corrected chi connectivity index (χ0v) is 17.2. The molecule has 1 atom stereocenters. The molecule has 2 aromatic heterocycles. The molecule has 0 spiro atoms. The molecule has 1 amide bonds. The SMILES string of the molecule is CC(C)(C(=O)Nc1nncs1)[C@H]1c2ccccc2Oc2nc(/C(C=N)=C/N)ccc21. The summed E-state index contributed by atoms with van der Waals surface area (Å²) in [5.41, 5.74) is 9.03. The summed E-state index contributed by atoms with van der Waals surface area (Å²) >= 11 is 1.26. The number of pyridine rings is 1. The van der Waals surface area contributed by atoms with E-state index in [2.05, 4.69) is 20.5 Å². The summed E-state index contributed by atoms with van der Waals surface area (Å²) in [6, 6.07) is 11.3. The third kappa shape index (κ3) is 3.33. The van der Waals surface area contributed by atoms with E-state index in [1.165, 1.54) is 17.5 Å². The van der Waals surface area contributed by atoms with Gasteiger partial charge >= 0.3 is 0 Å². The van der Waals surface area contributed by atoms with Gasteiger partial charge < -0.3 is 21.2 Å². The van der Waals surface area contributed by atoms with Crippen LogP contribution in [0.1, 0.15) is 36.6 Å². The lowest BCUT2D eigenvalue weighted by Gasteiger charge is -2.37. The van der Waals surface area contributed by atoms with Crippen LogP contribution in [0.2, 0.25) is 0 Å². The fraction of sp³-hybridized carbons (Fsp3) is 0.190. The highest BCUT2D eigenvalue weighted by Crippen LogP contribution is 2.51. The van der Waals surface area contributed by atoms with Crippen molar-refractivity contribution in [3.8, 4) is 11.6 Å². The van der Waals surface area contributed by atoms with Gasteiger partial charge in [-0.15, -0.1) is 10.2 Å². The van der Waals surface area contributed by atoms with Crippen molar-refractivity contribution in [2.45, 2.75) is 19.8 Å². The van der Waals surface area contributed by atoms with E-state index < -0.39 is 5.41 Å². The lowest BCUT2D eigenvalue weighted by Crippen LogP contribution is -2.38. The summed E-state index contributed by atoms with van der Waals surface area (Å²) < 4.78 is 6.06. The summed E-state index contributed by atoms with van der Waals surface area (Å²) in [6.45, 7) is 3.77. The van der Waals surface area contributed by atoms with Crippen molar-refractivity contribution >= 4 is 34.2 Å². The highest BCUT2D eigenvalue weighted by atomic mass is 32.1. The van der Waals surface area contributed by atoms with Gasteiger partial charge in [-0.25, -0.2) is 4.98 Å². The summed E-state index contributed by atoms with van der Waals surface area (Å²) in [7, 11) is 0. The first-order chi connectivity index (χ1) is 14.5. The Bertz CT molecular complexity index is 1140. The van der Waals surface area contributed by atoms with E-state index in [1.54, 1.807) is 11.6 Å². The molecule has 1 aliphatic heterocycles. The molecule has 1 aliphatic rings. The number of carbonyl (C=O) groups excluding carboxylic acids is 1. The van der Waals surface area contributed by atoms with Crippen LogP contribution >= 0.6 is 11.3 Å². The van der Waals surface area contributed by atoms with Gasteiger partial charge in [0, 0.05) is 35.0 Å². The van der Waals surface area contributed by atoms with Crippen LogP contribution in [0.15, 0.2) is 48.1 Å². The second kappa shape index (κ2) is 7.68. The van der Waals surface area contributed by atoms with E-state index in [-0.39, 0.29) is 11.8 Å². The largest absolute Gasteiger partial charge is 0.438 e. The number of nitrogens with one attached hydrogen (secondary N) is 2. The number of benzene rings is 1. The first-order valence-electron chi connectivity index (χ1n) is 9.23. The Labute approximate surface area is 177 Å². The van der Waals surface area contributed by atoms with Crippen LogP contribution in [0.25, 0.3) is 5.57 Å². The number of anilines is 1. The van der Waals surface area contributed by atoms with Crippen molar-refractivity contribution in [1.29, 1.82) is 5.41 Å². The van der Waals surface area contributed by atoms with E-state index in [1.807, 2.05) is 44.2 Å². The minimum Gasteiger partial charge on any atom is -0.438 e. The molecule has 0 unspecified atom stereocenters. The second-order valence-corrected chi connectivity index (χ2v) is 8.18. The number of hydrogen-bond acceptors (Lipinski definition) is 8. The van der Waals surface area contributed by atoms with Crippen LogP contribution in [0.4, 0.5) is 5.13 Å². The highest BCUT2D eigenvalue weighted by Gasteiger charge is 2.44. The van der Waals surface area contributed by atoms with E-state index in [0.29, 0.717) is 28.0 Å². The first-order valence-corrected chi connectivity index (χ1v) is 10.1. The molecule has 0 radical (unpaired) electrons. The fourth-order valence-electron chi connectivity index (χ4n) is 3.60. The number of allylic oxidation sites excluding steroid dienone is 1. The van der Waals surface area contributed by atoms with Crippen molar-refractivity contribution in [2.75, 3.05) is 5.32 Å². The minimum atomic E-state index is -0.850. The van der Waals surface area contributed by atoms with Crippen molar-refractivity contribution < 1.29 is 9.53 Å². The number of nitrogens with zero attached hydrogens (tertiary/aromatic N) is 3. The monoisotopic (exact) mass is 420 g/mol. The summed E-state index contributed by atoms with van der Waals surface area (Å²) in [4.78, 5) is 17.8. The lowest BCUT2D eigenvalue weighted by atomic mass is 9.69. The molecule has 3 heterocycles. The van der Waals surface area contributed by atoms with Gasteiger partial charge in [-0.3, -0.25) is 4.79 Å². The smallest absolute Gasteiger partial charge is 0.232 e. The molecule has 9 heteroatoms. The normalized spacial score (nSPS) is 15.5. The number of amides is 1. The lowest BCUT2D eigenvalue weighted by molar-refractivity contribution is -0.124. The van der Waals surface area contributed by atoms with Gasteiger partial charge in [0.25, 0.3) is 0 Å². The number of rotatable bonds is 5. The van der Waals surface area contributed by atoms with E-state index in [9.17, 15) is 4.79 Å². The molecule has 30 heavy (non-hydrogen) atoms. The molecule has 8 nitrogen and oxygen atoms in total. The van der Waals surface area contributed by atoms with Gasteiger partial charge in [-0.05, 0) is 12.1 Å². The van der Waals surface area contributed by atoms with Crippen molar-refractivity contribution in [3.63, 3.8) is 0 Å². The number of ether oxygens (including phenoxy) is 1. The highest BCUT2D eigenvalue weighted by molar-refractivity contribution is 7.13. The van der Waals surface area contributed by atoms with Crippen LogP contribution < -0.4 is 15.8 Å². The van der Waals surface area contributed by atoms with E-state index >= 15 is 0 Å². The average Bonchev–Trinajstić information content (AvgIpc) is 3.25. The zero-order valence-electron chi connectivity index (χ0n) is 16.4. The Balaban J connectivity index is 1.81. The van der Waals surface area contributed by atoms with E-state index in [4.69, 9.17) is 15.9 Å². The predicted molar refractivity (Wildman–Crippen MR) is 116 cm³/mol. The topological polar surface area (TPSA) is 127 Å². The molecule has 4 rings (SSSR count). The predicted octanol–water partition coefficient (Wildman–Crippen LogP) is 3.78. The maximum atomic E-state index is 13.2. The third-order valence-corrected chi connectivity index (χ3v) is 5.76. The Morgan fingerprint density at radius 1 is 1.27 bits per heavy atom. The number of aromatic nitrogens is 3. The van der Waals surface area contributed by atoms with Gasteiger partial charge in [-0.2, -0.15) is 0 Å². The standard InChI is InChI=1S/C21H20N6O2S/c1-21(2,19(28)26-20-27-24-11-30-20)17-13-5-3-4-6-16(13)29-18-14(17)7-8-15(25-18)12(9-22)10-23/h3-11,17,22H,23H2,1-2H3,(H,26,27,28)/b12-10+,22-9?/t17-/m0/s1. The molecule has 0 saturated carbocycles. The summed E-state index contributed by atoms with van der Waals surface area (Å²) in [5, 5.41) is 18.5. The second-order valence-electron chi connectivity index (χ2n) is 7.35. The Morgan fingerprint density at radius 3 is 2.77 bits per heavy atom. The molecule has 0 fully saturated rings. The van der Waals surface area contributed by atoms with Crippen LogP contribution in [0.5, 0.6) is 11.6 Å². The molecule has 3 aromatic rings. The van der Waals surface area contributed by atoms with Crippen molar-refractivity contribution in [2.24, 2.45) is 11.1 Å². The van der Waals surface area contributed by atoms with Gasteiger partial charge in [0.15, 0.2) is 0 Å². The summed E-state index contributed by atoms with van der Waals surface area (Å²) in [5.74, 6) is 0.550. The van der Waals surface area contributed by atoms with Crippen molar-refractivity contribution in [3.05, 3.63) is 64.9 Å². The quantitative estimate of drug-likeness (QED) is 0.539. The number of carbonyl (C=O) groups is 1. The zero-order chi connectivity index (χ0) is 21.3. The van der Waals surface area contributed by atoms with Crippen molar-refractivity contribution in [1.82, 2.24) is 15.2 Å². The van der Waals surface area contributed by atoms with Gasteiger partial charge in [0.1, 0.15) is 11.3 Å². The Kier molecular flexibility index (Phi) is 5.04. The maximum Gasteiger partial charge on any atom is 0.232 e. The minimum absolute atomic E-state index is 0.182. The average molecular weight is 420 g/mol. The summed E-state index contributed by atoms with van der Waals surface area (Å²) in [6.07, 6.45) is 2.47. The number of fused-ring (bicyclic) bond motifs is 2. The molecular formula is C21H20N6O2S. The fourth-order valence-corrected chi connectivity index (χ4v) is 4.04. The molecule has 0 saturated heterocycles. The van der Waals surface area contributed by atoms with Crippen LogP contribution in [-0.4, -0.2) is 27.3 Å². The Hall–Kier alpha value is -3.59. The molecular weight excluding hydrogens is 400 g/mol. The maximum absolute atomic E-state index is 13.2. The third-order valence-electron chi connectivity index (χ3n) is 5.16. The number of nitrogens with two attached hydrogens (primary N) is 1. The van der Waals surface area contributed by atoms with Crippen LogP contribution in [-0.2, 0) is 4.79 Å². The van der Waals surface area contributed by atoms with Gasteiger partial charge in [0.05, 0.1) is 11.1 Å². The van der Waals surface area contributed by atoms with Crippen LogP contribution in [0.3, 0.4) is 0 Å². The Morgan fingerprint density at radius 2 is 2.07 bits per heavy atom. The van der Waals surface area contributed by atoms with E-state index in [0.717, 1.165) is 17.3 Å².